The fourth-order valence-corrected chi connectivity index (χ4v) is 4.67. The number of hydrogen-bond acceptors (Lipinski definition) is 7. The summed E-state index contributed by atoms with van der Waals surface area (Å²) in [4.78, 5) is 35.4. The monoisotopic (exact) mass is 499 g/mol. The molecular weight excluding hydrogens is 466 g/mol. The SMILES string of the molecule is COC[C@H]1C[C@@H]1C(=O)Nc1cc([C@H]2CC[C@@H](OC(=O)Nc3ccc([N+](=O)[O-])cc3)C2)nn1C(C)(C)C. The molecule has 0 spiro atoms. The summed E-state index contributed by atoms with van der Waals surface area (Å²) in [6.45, 7) is 6.69. The quantitative estimate of drug-likeness (QED) is 0.398. The lowest BCUT2D eigenvalue weighted by Gasteiger charge is -2.22. The van der Waals surface area contributed by atoms with E-state index in [1.54, 1.807) is 7.11 Å². The van der Waals surface area contributed by atoms with Crippen LogP contribution >= 0.6 is 0 Å². The van der Waals surface area contributed by atoms with E-state index in [0.717, 1.165) is 18.5 Å². The molecule has 1 aromatic carbocycles. The van der Waals surface area contributed by atoms with Crippen LogP contribution in [0.4, 0.5) is 22.0 Å². The lowest BCUT2D eigenvalue weighted by atomic mass is 10.0. The zero-order valence-electron chi connectivity index (χ0n) is 21.0. The van der Waals surface area contributed by atoms with Crippen LogP contribution in [0.15, 0.2) is 30.3 Å². The van der Waals surface area contributed by atoms with Gasteiger partial charge in [0.2, 0.25) is 5.91 Å². The third-order valence-corrected chi connectivity index (χ3v) is 6.66. The lowest BCUT2D eigenvalue weighted by Crippen LogP contribution is -2.27. The molecule has 36 heavy (non-hydrogen) atoms. The first-order chi connectivity index (χ1) is 17.0. The number of benzene rings is 1. The predicted molar refractivity (Wildman–Crippen MR) is 133 cm³/mol. The number of methoxy groups -OCH3 is 1. The number of aromatic nitrogens is 2. The van der Waals surface area contributed by atoms with E-state index >= 15 is 0 Å². The van der Waals surface area contributed by atoms with Crippen molar-refractivity contribution in [2.75, 3.05) is 24.4 Å². The molecule has 2 N–H and O–H groups in total. The molecule has 2 aliphatic carbocycles. The summed E-state index contributed by atoms with van der Waals surface area (Å²) in [5.41, 5.74) is 0.916. The molecule has 2 aromatic rings. The molecule has 11 nitrogen and oxygen atoms in total. The minimum atomic E-state index is -0.599. The first kappa shape index (κ1) is 25.6. The van der Waals surface area contributed by atoms with E-state index in [0.29, 0.717) is 31.0 Å². The van der Waals surface area contributed by atoms with Crippen molar-refractivity contribution >= 4 is 29.2 Å². The van der Waals surface area contributed by atoms with Gasteiger partial charge in [-0.2, -0.15) is 5.10 Å². The second-order valence-corrected chi connectivity index (χ2v) is 10.6. The van der Waals surface area contributed by atoms with E-state index in [1.807, 2.05) is 31.5 Å². The molecule has 1 aromatic heterocycles. The molecule has 4 rings (SSSR count). The predicted octanol–water partition coefficient (Wildman–Crippen LogP) is 4.65. The van der Waals surface area contributed by atoms with Crippen LogP contribution in [0.3, 0.4) is 0 Å². The van der Waals surface area contributed by atoms with Crippen LogP contribution in [0.2, 0.25) is 0 Å². The van der Waals surface area contributed by atoms with Gasteiger partial charge in [-0.1, -0.05) is 0 Å². The number of nitro groups is 1. The first-order valence-electron chi connectivity index (χ1n) is 12.2. The van der Waals surface area contributed by atoms with Crippen LogP contribution in [0, 0.1) is 22.0 Å². The number of amides is 2. The van der Waals surface area contributed by atoms with Gasteiger partial charge in [-0.15, -0.1) is 0 Å². The molecule has 2 aliphatic rings. The number of carbonyl (C=O) groups excluding carboxylic acids is 2. The van der Waals surface area contributed by atoms with E-state index in [2.05, 4.69) is 10.6 Å². The fraction of sp³-hybridized carbons (Fsp3) is 0.560. The third-order valence-electron chi connectivity index (χ3n) is 6.66. The maximum absolute atomic E-state index is 12.7. The van der Waals surface area contributed by atoms with Crippen LogP contribution in [0.5, 0.6) is 0 Å². The van der Waals surface area contributed by atoms with Gasteiger partial charge in [0.15, 0.2) is 0 Å². The number of non-ortho nitro benzene ring substituents is 1. The summed E-state index contributed by atoms with van der Waals surface area (Å²) in [6, 6.07) is 7.50. The van der Waals surface area contributed by atoms with Crippen molar-refractivity contribution in [3.8, 4) is 0 Å². The van der Waals surface area contributed by atoms with Gasteiger partial charge in [0.25, 0.3) is 5.69 Å². The highest BCUT2D eigenvalue weighted by Gasteiger charge is 2.43. The zero-order chi connectivity index (χ0) is 26.0. The van der Waals surface area contributed by atoms with E-state index in [9.17, 15) is 19.7 Å². The highest BCUT2D eigenvalue weighted by atomic mass is 16.6. The maximum atomic E-state index is 12.7. The Balaban J connectivity index is 1.36. The summed E-state index contributed by atoms with van der Waals surface area (Å²) in [6.07, 6.45) is 2.09. The highest BCUT2D eigenvalue weighted by molar-refractivity contribution is 5.93. The highest BCUT2D eigenvalue weighted by Crippen LogP contribution is 2.41. The molecule has 0 bridgehead atoms. The summed E-state index contributed by atoms with van der Waals surface area (Å²) >= 11 is 0. The Bertz CT molecular complexity index is 1120. The maximum Gasteiger partial charge on any atom is 0.411 e. The topological polar surface area (TPSA) is 138 Å². The Morgan fingerprint density at radius 2 is 1.89 bits per heavy atom. The van der Waals surface area contributed by atoms with Gasteiger partial charge in [0.05, 0.1) is 16.2 Å². The molecule has 4 atom stereocenters. The Morgan fingerprint density at radius 1 is 1.17 bits per heavy atom. The number of nitrogens with one attached hydrogen (secondary N) is 2. The van der Waals surface area contributed by atoms with Gasteiger partial charge < -0.3 is 14.8 Å². The van der Waals surface area contributed by atoms with Gasteiger partial charge >= 0.3 is 6.09 Å². The minimum Gasteiger partial charge on any atom is -0.446 e. The van der Waals surface area contributed by atoms with Crippen molar-refractivity contribution < 1.29 is 24.0 Å². The Hall–Kier alpha value is -3.47. The van der Waals surface area contributed by atoms with Crippen LogP contribution < -0.4 is 10.6 Å². The molecule has 194 valence electrons. The van der Waals surface area contributed by atoms with Gasteiger partial charge in [-0.3, -0.25) is 20.2 Å². The molecule has 1 heterocycles. The summed E-state index contributed by atoms with van der Waals surface area (Å²) < 4.78 is 12.6. The second kappa shape index (κ2) is 10.3. The smallest absolute Gasteiger partial charge is 0.411 e. The number of anilines is 2. The zero-order valence-corrected chi connectivity index (χ0v) is 21.0. The van der Waals surface area contributed by atoms with E-state index < -0.39 is 11.0 Å². The Kier molecular flexibility index (Phi) is 7.30. The van der Waals surface area contributed by atoms with Crippen molar-refractivity contribution in [2.45, 2.75) is 64.0 Å². The minimum absolute atomic E-state index is 0.00968. The number of nitro benzene ring substituents is 1. The largest absolute Gasteiger partial charge is 0.446 e. The van der Waals surface area contributed by atoms with Crippen molar-refractivity contribution in [1.29, 1.82) is 0 Å². The molecule has 0 saturated heterocycles. The second-order valence-electron chi connectivity index (χ2n) is 10.6. The van der Waals surface area contributed by atoms with Crippen molar-refractivity contribution in [3.05, 3.63) is 46.1 Å². The molecule has 11 heteroatoms. The molecule has 2 fully saturated rings. The standard InChI is InChI=1S/C25H33N5O6/c1-25(2,3)29-22(27-23(31)20-12-16(20)14-35-4)13-21(28-29)15-5-10-19(11-15)36-24(32)26-17-6-8-18(9-7-17)30(33)34/h6-9,13,15-16,19-20H,5,10-12,14H2,1-4H3,(H,26,32)(H,27,31)/t15-,16+,19+,20-/m0/s1. The number of ether oxygens (including phenoxy) is 2. The average Bonchev–Trinajstić information content (AvgIpc) is 3.21. The van der Waals surface area contributed by atoms with Crippen molar-refractivity contribution in [3.63, 3.8) is 0 Å². The number of carbonyl (C=O) groups is 2. The third kappa shape index (κ3) is 6.01. The van der Waals surface area contributed by atoms with Gasteiger partial charge in [-0.05, 0) is 64.5 Å². The number of nitrogens with zero attached hydrogens (tertiary/aromatic N) is 3. The van der Waals surface area contributed by atoms with Crippen molar-refractivity contribution in [2.24, 2.45) is 11.8 Å². The van der Waals surface area contributed by atoms with Gasteiger partial charge in [-0.25, -0.2) is 9.48 Å². The van der Waals surface area contributed by atoms with Crippen LogP contribution in [-0.2, 0) is 19.8 Å². The molecule has 0 unspecified atom stereocenters. The Labute approximate surface area is 209 Å². The van der Waals surface area contributed by atoms with Crippen molar-refractivity contribution in [1.82, 2.24) is 9.78 Å². The van der Waals surface area contributed by atoms with Crippen LogP contribution in [-0.4, -0.2) is 46.5 Å². The van der Waals surface area contributed by atoms with E-state index in [4.69, 9.17) is 14.6 Å². The first-order valence-corrected chi connectivity index (χ1v) is 12.2. The number of rotatable bonds is 8. The fourth-order valence-electron chi connectivity index (χ4n) is 4.67. The number of hydrogen-bond donors (Lipinski definition) is 2. The summed E-state index contributed by atoms with van der Waals surface area (Å²) in [7, 11) is 1.64. The van der Waals surface area contributed by atoms with E-state index in [1.165, 1.54) is 24.3 Å². The molecular formula is C25H33N5O6. The normalized spacial score (nSPS) is 23.2. The van der Waals surface area contributed by atoms with Gasteiger partial charge in [0.1, 0.15) is 11.9 Å². The molecule has 2 amide bonds. The molecule has 0 radical (unpaired) electrons. The summed E-state index contributed by atoms with van der Waals surface area (Å²) in [5, 5.41) is 21.3. The lowest BCUT2D eigenvalue weighted by molar-refractivity contribution is -0.384. The average molecular weight is 500 g/mol. The van der Waals surface area contributed by atoms with Crippen LogP contribution in [0.1, 0.15) is 58.1 Å². The van der Waals surface area contributed by atoms with E-state index in [-0.39, 0.29) is 41.0 Å². The summed E-state index contributed by atoms with van der Waals surface area (Å²) in [5.74, 6) is 1.000. The molecule has 2 saturated carbocycles. The molecule has 0 aliphatic heterocycles. The van der Waals surface area contributed by atoms with Gasteiger partial charge in [0, 0.05) is 49.4 Å². The Morgan fingerprint density at radius 3 is 2.53 bits per heavy atom. The van der Waals surface area contributed by atoms with Crippen LogP contribution in [0.25, 0.3) is 0 Å².